The number of benzene rings is 3. The molecule has 0 atom stereocenters. The number of nitrogens with one attached hydrogen (secondary N) is 2. The minimum Gasteiger partial charge on any atom is -0.469 e. The Bertz CT molecular complexity index is 1290. The molecule has 0 aliphatic rings. The van der Waals surface area contributed by atoms with Crippen LogP contribution in [0.5, 0.6) is 0 Å². The number of nitrogens with zero attached hydrogens (tertiary/aromatic N) is 1. The average molecular weight is 632 g/mol. The number of ether oxygens (including phenoxy) is 3. The van der Waals surface area contributed by atoms with Crippen LogP contribution in [0.4, 0.5) is 16.2 Å². The highest BCUT2D eigenvalue weighted by molar-refractivity contribution is 5.69. The molecule has 0 aliphatic carbocycles. The van der Waals surface area contributed by atoms with Crippen molar-refractivity contribution in [2.45, 2.75) is 70.9 Å². The Morgan fingerprint density at radius 3 is 1.63 bits per heavy atom. The van der Waals surface area contributed by atoms with E-state index in [0.717, 1.165) is 28.1 Å². The van der Waals surface area contributed by atoms with Crippen LogP contribution < -0.4 is 10.6 Å². The van der Waals surface area contributed by atoms with Crippen LogP contribution in [0.1, 0.15) is 75.5 Å². The van der Waals surface area contributed by atoms with Gasteiger partial charge in [0.05, 0.1) is 14.2 Å². The number of hydrogen-bond donors (Lipinski definition) is 2. The fourth-order valence-corrected chi connectivity index (χ4v) is 4.98. The van der Waals surface area contributed by atoms with Gasteiger partial charge in [-0.25, -0.2) is 4.79 Å². The van der Waals surface area contributed by atoms with E-state index in [1.165, 1.54) is 14.2 Å². The van der Waals surface area contributed by atoms with E-state index in [1.807, 2.05) is 75.4 Å². The molecule has 9 nitrogen and oxygen atoms in total. The van der Waals surface area contributed by atoms with Gasteiger partial charge < -0.3 is 29.7 Å². The largest absolute Gasteiger partial charge is 0.469 e. The molecule has 0 unspecified atom stereocenters. The molecule has 3 rings (SSSR count). The van der Waals surface area contributed by atoms with Gasteiger partial charge in [0.25, 0.3) is 0 Å². The second kappa shape index (κ2) is 18.4. The van der Waals surface area contributed by atoms with Crippen molar-refractivity contribution in [1.29, 1.82) is 0 Å². The Hall–Kier alpha value is -4.53. The summed E-state index contributed by atoms with van der Waals surface area (Å²) in [6.07, 6.45) is 2.45. The van der Waals surface area contributed by atoms with Crippen LogP contribution in [0.15, 0.2) is 78.9 Å². The lowest BCUT2D eigenvalue weighted by molar-refractivity contribution is -0.141. The Morgan fingerprint density at radius 2 is 1.20 bits per heavy atom. The standard InChI is InChI=1S/C37H49N3O6/c1-37(2,3)46-36(43)40(27-28-11-7-6-8-12-28)26-23-33(29-15-19-31(20-16-29)38-24-9-13-34(41)44-4)30-17-21-32(22-18-30)39-25-10-14-35(42)45-5/h6-8,11-12,15-22,33,38-39H,9-10,13-14,23-27H2,1-5H3. The monoisotopic (exact) mass is 631 g/mol. The van der Waals surface area contributed by atoms with Crippen LogP contribution in [0.25, 0.3) is 0 Å². The van der Waals surface area contributed by atoms with Gasteiger partial charge in [0.15, 0.2) is 0 Å². The third-order valence-corrected chi connectivity index (χ3v) is 7.41. The van der Waals surface area contributed by atoms with E-state index in [9.17, 15) is 14.4 Å². The first-order chi connectivity index (χ1) is 22.1. The Morgan fingerprint density at radius 1 is 0.717 bits per heavy atom. The summed E-state index contributed by atoms with van der Waals surface area (Å²) in [5.41, 5.74) is 4.63. The molecule has 1 amide bonds. The first-order valence-corrected chi connectivity index (χ1v) is 15.9. The van der Waals surface area contributed by atoms with Gasteiger partial charge in [0.1, 0.15) is 5.60 Å². The molecule has 0 bridgehead atoms. The van der Waals surface area contributed by atoms with Crippen molar-refractivity contribution in [2.75, 3.05) is 44.5 Å². The van der Waals surface area contributed by atoms with Crippen molar-refractivity contribution in [3.63, 3.8) is 0 Å². The Balaban J connectivity index is 1.78. The van der Waals surface area contributed by atoms with Gasteiger partial charge in [0, 0.05) is 56.3 Å². The first kappa shape index (κ1) is 35.9. The lowest BCUT2D eigenvalue weighted by Crippen LogP contribution is -2.37. The van der Waals surface area contributed by atoms with Gasteiger partial charge in [0.2, 0.25) is 0 Å². The normalized spacial score (nSPS) is 11.1. The molecule has 0 saturated carbocycles. The van der Waals surface area contributed by atoms with Gasteiger partial charge in [-0.2, -0.15) is 0 Å². The molecular weight excluding hydrogens is 582 g/mol. The highest BCUT2D eigenvalue weighted by atomic mass is 16.6. The summed E-state index contributed by atoms with van der Waals surface area (Å²) in [7, 11) is 2.80. The number of anilines is 2. The number of carbonyl (C=O) groups is 3. The van der Waals surface area contributed by atoms with E-state index in [2.05, 4.69) is 34.9 Å². The van der Waals surface area contributed by atoms with Crippen molar-refractivity contribution in [2.24, 2.45) is 0 Å². The van der Waals surface area contributed by atoms with Crippen LogP contribution in [-0.4, -0.2) is 62.4 Å². The summed E-state index contributed by atoms with van der Waals surface area (Å²) in [6, 6.07) is 26.6. The summed E-state index contributed by atoms with van der Waals surface area (Å²) < 4.78 is 15.2. The maximum absolute atomic E-state index is 13.3. The molecule has 46 heavy (non-hydrogen) atoms. The predicted octanol–water partition coefficient (Wildman–Crippen LogP) is 7.38. The zero-order valence-corrected chi connectivity index (χ0v) is 27.8. The molecule has 3 aromatic rings. The Labute approximate surface area is 273 Å². The number of methoxy groups -OCH3 is 2. The molecule has 0 spiro atoms. The number of carbonyl (C=O) groups excluding carboxylic acids is 3. The Kier molecular flexibility index (Phi) is 14.4. The van der Waals surface area contributed by atoms with Crippen LogP contribution >= 0.6 is 0 Å². The number of hydrogen-bond acceptors (Lipinski definition) is 8. The minimum absolute atomic E-state index is 0.0162. The van der Waals surface area contributed by atoms with Crippen LogP contribution in [0.2, 0.25) is 0 Å². The van der Waals surface area contributed by atoms with Crippen molar-refractivity contribution in [1.82, 2.24) is 4.90 Å². The third kappa shape index (κ3) is 12.8. The quantitative estimate of drug-likeness (QED) is 0.0904. The second-order valence-electron chi connectivity index (χ2n) is 12.2. The fraction of sp³-hybridized carbons (Fsp3) is 0.432. The van der Waals surface area contributed by atoms with Crippen molar-refractivity contribution < 1.29 is 28.6 Å². The molecule has 0 heterocycles. The summed E-state index contributed by atoms with van der Waals surface area (Å²) in [6.45, 7) is 7.91. The summed E-state index contributed by atoms with van der Waals surface area (Å²) in [4.78, 5) is 38.0. The molecule has 0 radical (unpaired) electrons. The zero-order valence-electron chi connectivity index (χ0n) is 27.8. The number of amides is 1. The van der Waals surface area contributed by atoms with Gasteiger partial charge in [-0.05, 0) is 81.0 Å². The molecular formula is C37H49N3O6. The summed E-state index contributed by atoms with van der Waals surface area (Å²) >= 11 is 0. The maximum Gasteiger partial charge on any atom is 0.410 e. The van der Waals surface area contributed by atoms with Crippen molar-refractivity contribution in [3.8, 4) is 0 Å². The number of rotatable bonds is 17. The van der Waals surface area contributed by atoms with Crippen LogP contribution in [0.3, 0.4) is 0 Å². The maximum atomic E-state index is 13.3. The van der Waals surface area contributed by atoms with Gasteiger partial charge in [-0.3, -0.25) is 9.59 Å². The molecule has 0 fully saturated rings. The molecule has 248 valence electrons. The van der Waals surface area contributed by atoms with E-state index in [1.54, 1.807) is 4.90 Å². The fourth-order valence-electron chi connectivity index (χ4n) is 4.98. The number of esters is 2. The SMILES string of the molecule is COC(=O)CCCNc1ccc(C(CCN(Cc2ccccc2)C(=O)OC(C)(C)C)c2ccc(NCCCC(=O)OC)cc2)cc1. The summed E-state index contributed by atoms with van der Waals surface area (Å²) in [5, 5.41) is 6.74. The molecule has 9 heteroatoms. The second-order valence-corrected chi connectivity index (χ2v) is 12.2. The lowest BCUT2D eigenvalue weighted by Gasteiger charge is -2.29. The molecule has 0 aliphatic heterocycles. The van der Waals surface area contributed by atoms with Crippen LogP contribution in [-0.2, 0) is 30.3 Å². The average Bonchev–Trinajstić information content (AvgIpc) is 3.05. The zero-order chi connectivity index (χ0) is 33.4. The van der Waals surface area contributed by atoms with E-state index in [0.29, 0.717) is 58.3 Å². The van der Waals surface area contributed by atoms with Gasteiger partial charge in [-0.15, -0.1) is 0 Å². The molecule has 0 saturated heterocycles. The van der Waals surface area contributed by atoms with E-state index in [-0.39, 0.29) is 23.9 Å². The molecule has 2 N–H and O–H groups in total. The van der Waals surface area contributed by atoms with E-state index in [4.69, 9.17) is 14.2 Å². The highest BCUT2D eigenvalue weighted by Gasteiger charge is 2.24. The van der Waals surface area contributed by atoms with Crippen molar-refractivity contribution >= 4 is 29.4 Å². The molecule has 0 aromatic heterocycles. The first-order valence-electron chi connectivity index (χ1n) is 15.9. The van der Waals surface area contributed by atoms with E-state index < -0.39 is 5.60 Å². The smallest absolute Gasteiger partial charge is 0.410 e. The van der Waals surface area contributed by atoms with Gasteiger partial charge in [-0.1, -0.05) is 54.6 Å². The predicted molar refractivity (Wildman–Crippen MR) is 182 cm³/mol. The van der Waals surface area contributed by atoms with E-state index >= 15 is 0 Å². The van der Waals surface area contributed by atoms with Crippen molar-refractivity contribution in [3.05, 3.63) is 95.6 Å². The minimum atomic E-state index is -0.606. The lowest BCUT2D eigenvalue weighted by atomic mass is 9.88. The highest BCUT2D eigenvalue weighted by Crippen LogP contribution is 2.31. The molecule has 3 aromatic carbocycles. The summed E-state index contributed by atoms with van der Waals surface area (Å²) in [5.74, 6) is -0.410. The van der Waals surface area contributed by atoms with Gasteiger partial charge >= 0.3 is 18.0 Å². The third-order valence-electron chi connectivity index (χ3n) is 7.41. The topological polar surface area (TPSA) is 106 Å². The van der Waals surface area contributed by atoms with Crippen LogP contribution in [0, 0.1) is 0 Å².